The number of aryl methyl sites for hydroxylation is 1. The van der Waals surface area contributed by atoms with Crippen LogP contribution >= 0.6 is 0 Å². The van der Waals surface area contributed by atoms with Crippen LogP contribution in [0.15, 0.2) is 36.8 Å². The van der Waals surface area contributed by atoms with E-state index in [4.69, 9.17) is 4.98 Å². The molecule has 27 heavy (non-hydrogen) atoms. The minimum Gasteiger partial charge on any atom is -0.373 e. The van der Waals surface area contributed by atoms with Crippen LogP contribution in [0.3, 0.4) is 0 Å². The average Bonchev–Trinajstić information content (AvgIpc) is 3.20. The first-order valence-electron chi connectivity index (χ1n) is 8.93. The van der Waals surface area contributed by atoms with E-state index in [1.807, 2.05) is 49.3 Å². The van der Waals surface area contributed by atoms with E-state index < -0.39 is 0 Å². The Morgan fingerprint density at radius 3 is 2.89 bits per heavy atom. The van der Waals surface area contributed by atoms with Crippen molar-refractivity contribution in [3.8, 4) is 22.6 Å². The van der Waals surface area contributed by atoms with Crippen LogP contribution in [0.2, 0.25) is 0 Å². The lowest BCUT2D eigenvalue weighted by atomic mass is 10.1. The standard InChI is InChI=1S/C19H19N7O/c1-20-16-8-15(13-9-21-17-12(13)4-3-7-25(17)2)24-18-14(10-22-26(16)18)19(27)23-11-5-6-11/h3-4,7-11,20H,5-6H2,1-2H3,(H,23,27). The first-order chi connectivity index (χ1) is 13.2. The maximum absolute atomic E-state index is 12.6. The summed E-state index contributed by atoms with van der Waals surface area (Å²) in [5, 5.41) is 10.5. The lowest BCUT2D eigenvalue weighted by Crippen LogP contribution is -2.25. The fourth-order valence-electron chi connectivity index (χ4n) is 3.30. The highest BCUT2D eigenvalue weighted by Gasteiger charge is 2.26. The summed E-state index contributed by atoms with van der Waals surface area (Å²) in [6.07, 6.45) is 7.43. The van der Waals surface area contributed by atoms with Gasteiger partial charge in [0, 0.05) is 49.7 Å². The molecule has 0 atom stereocenters. The third-order valence-electron chi connectivity index (χ3n) is 4.91. The second kappa shape index (κ2) is 5.80. The van der Waals surface area contributed by atoms with Crippen molar-refractivity contribution in [2.75, 3.05) is 12.4 Å². The maximum Gasteiger partial charge on any atom is 0.256 e. The molecule has 2 aliphatic heterocycles. The molecule has 1 aliphatic carbocycles. The van der Waals surface area contributed by atoms with Crippen molar-refractivity contribution in [2.45, 2.75) is 18.9 Å². The van der Waals surface area contributed by atoms with Crippen LogP contribution in [0.25, 0.3) is 28.3 Å². The number of hydrogen-bond donors (Lipinski definition) is 2. The van der Waals surface area contributed by atoms with E-state index in [9.17, 15) is 4.79 Å². The molecule has 5 rings (SSSR count). The fourth-order valence-corrected chi connectivity index (χ4v) is 3.30. The van der Waals surface area contributed by atoms with Crippen LogP contribution < -0.4 is 10.6 Å². The number of nitrogens with one attached hydrogen (secondary N) is 2. The van der Waals surface area contributed by atoms with E-state index in [2.05, 4.69) is 20.7 Å². The lowest BCUT2D eigenvalue weighted by molar-refractivity contribution is 0.0952. The van der Waals surface area contributed by atoms with E-state index in [-0.39, 0.29) is 11.9 Å². The topological polar surface area (TPSA) is 89.1 Å². The Kier molecular flexibility index (Phi) is 3.40. The molecule has 1 amide bonds. The Morgan fingerprint density at radius 1 is 1.26 bits per heavy atom. The van der Waals surface area contributed by atoms with E-state index in [1.165, 1.54) is 0 Å². The molecule has 8 heteroatoms. The molecule has 136 valence electrons. The number of hydrogen-bond acceptors (Lipinski definition) is 5. The molecule has 2 aromatic rings. The summed E-state index contributed by atoms with van der Waals surface area (Å²) in [6.45, 7) is 0. The van der Waals surface area contributed by atoms with Crippen LogP contribution in [0.5, 0.6) is 0 Å². The molecule has 0 spiro atoms. The molecule has 2 N–H and O–H groups in total. The van der Waals surface area contributed by atoms with Gasteiger partial charge in [-0.1, -0.05) is 0 Å². The number of fused-ring (bicyclic) bond motifs is 2. The molecule has 0 radical (unpaired) electrons. The number of aromatic nitrogens is 5. The normalized spacial score (nSPS) is 14.0. The van der Waals surface area contributed by atoms with Gasteiger partial charge in [0.05, 0.1) is 11.9 Å². The number of carbonyl (C=O) groups is 1. The second-order valence-electron chi connectivity index (χ2n) is 6.85. The third kappa shape index (κ3) is 2.52. The number of nitrogens with zero attached hydrogens (tertiary/aromatic N) is 5. The molecular weight excluding hydrogens is 342 g/mol. The summed E-state index contributed by atoms with van der Waals surface area (Å²) in [6, 6.07) is 6.21. The van der Waals surface area contributed by atoms with E-state index >= 15 is 0 Å². The SMILES string of the molecule is CNc1cc(-c2cnc3n(C)cccc2-3)nc2c(C(=O)NC3CC3)cnn12. The number of amides is 1. The Balaban J connectivity index is 1.67. The van der Waals surface area contributed by atoms with Crippen molar-refractivity contribution in [3.05, 3.63) is 42.4 Å². The van der Waals surface area contributed by atoms with Gasteiger partial charge in [-0.2, -0.15) is 9.61 Å². The quantitative estimate of drug-likeness (QED) is 0.581. The van der Waals surface area contributed by atoms with Crippen molar-refractivity contribution in [1.82, 2.24) is 29.5 Å². The molecule has 3 aliphatic rings. The van der Waals surface area contributed by atoms with Gasteiger partial charge in [0.1, 0.15) is 17.2 Å². The largest absolute Gasteiger partial charge is 0.373 e. The summed E-state index contributed by atoms with van der Waals surface area (Å²) in [5.41, 5.74) is 3.71. The first-order valence-corrected chi connectivity index (χ1v) is 8.93. The van der Waals surface area contributed by atoms with Crippen LogP contribution in [-0.2, 0) is 7.05 Å². The van der Waals surface area contributed by atoms with Crippen LogP contribution in [0.1, 0.15) is 23.2 Å². The van der Waals surface area contributed by atoms with Gasteiger partial charge in [-0.3, -0.25) is 4.79 Å². The number of carbonyl (C=O) groups excluding carboxylic acids is 1. The third-order valence-corrected chi connectivity index (χ3v) is 4.91. The number of rotatable bonds is 4. The summed E-state index contributed by atoms with van der Waals surface area (Å²) >= 11 is 0. The Bertz CT molecular complexity index is 1140. The van der Waals surface area contributed by atoms with Crippen molar-refractivity contribution < 1.29 is 4.79 Å². The van der Waals surface area contributed by atoms with E-state index in [0.717, 1.165) is 41.3 Å². The number of anilines is 1. The molecule has 0 saturated heterocycles. The van der Waals surface area contributed by atoms with Crippen molar-refractivity contribution in [1.29, 1.82) is 0 Å². The predicted molar refractivity (Wildman–Crippen MR) is 102 cm³/mol. The minimum absolute atomic E-state index is 0.129. The van der Waals surface area contributed by atoms with E-state index in [0.29, 0.717) is 11.2 Å². The smallest absolute Gasteiger partial charge is 0.256 e. The van der Waals surface area contributed by atoms with Gasteiger partial charge in [0.2, 0.25) is 0 Å². The zero-order chi connectivity index (χ0) is 18.5. The Hall–Kier alpha value is -3.42. The van der Waals surface area contributed by atoms with E-state index in [1.54, 1.807) is 10.7 Å². The molecule has 1 saturated carbocycles. The van der Waals surface area contributed by atoms with Gasteiger partial charge in [0.15, 0.2) is 5.65 Å². The number of pyridine rings is 1. The zero-order valence-corrected chi connectivity index (χ0v) is 15.1. The second-order valence-corrected chi connectivity index (χ2v) is 6.85. The molecule has 0 unspecified atom stereocenters. The van der Waals surface area contributed by atoms with Gasteiger partial charge < -0.3 is 15.2 Å². The highest BCUT2D eigenvalue weighted by Crippen LogP contribution is 2.33. The van der Waals surface area contributed by atoms with Gasteiger partial charge in [-0.25, -0.2) is 9.97 Å². The summed E-state index contributed by atoms with van der Waals surface area (Å²) in [7, 11) is 3.79. The monoisotopic (exact) mass is 361 g/mol. The maximum atomic E-state index is 12.6. The van der Waals surface area contributed by atoms with Crippen LogP contribution in [0.4, 0.5) is 5.82 Å². The first kappa shape index (κ1) is 15.8. The van der Waals surface area contributed by atoms with Crippen molar-refractivity contribution in [3.63, 3.8) is 0 Å². The van der Waals surface area contributed by atoms with Crippen LogP contribution in [-0.4, -0.2) is 43.1 Å². The molecule has 0 aromatic carbocycles. The molecule has 2 aromatic heterocycles. The Morgan fingerprint density at radius 2 is 2.11 bits per heavy atom. The summed E-state index contributed by atoms with van der Waals surface area (Å²) in [4.78, 5) is 21.9. The van der Waals surface area contributed by atoms with Gasteiger partial charge in [-0.15, -0.1) is 0 Å². The summed E-state index contributed by atoms with van der Waals surface area (Å²) in [5.74, 6) is 1.52. The fraction of sp³-hybridized carbons (Fsp3) is 0.263. The Labute approximate surface area is 155 Å². The van der Waals surface area contributed by atoms with Crippen molar-refractivity contribution >= 4 is 17.4 Å². The lowest BCUT2D eigenvalue weighted by Gasteiger charge is -2.10. The molecule has 0 bridgehead atoms. The van der Waals surface area contributed by atoms with Crippen molar-refractivity contribution in [2.24, 2.45) is 7.05 Å². The van der Waals surface area contributed by atoms with Gasteiger partial charge in [0.25, 0.3) is 5.91 Å². The average molecular weight is 361 g/mol. The van der Waals surface area contributed by atoms with Gasteiger partial charge >= 0.3 is 0 Å². The highest BCUT2D eigenvalue weighted by molar-refractivity contribution is 6.00. The minimum atomic E-state index is -0.129. The molecule has 8 nitrogen and oxygen atoms in total. The van der Waals surface area contributed by atoms with Gasteiger partial charge in [-0.05, 0) is 25.0 Å². The molecule has 4 heterocycles. The highest BCUT2D eigenvalue weighted by atomic mass is 16.1. The summed E-state index contributed by atoms with van der Waals surface area (Å²) < 4.78 is 3.63. The molecular formula is C19H19N7O. The van der Waals surface area contributed by atoms with Crippen LogP contribution in [0, 0.1) is 0 Å². The zero-order valence-electron chi connectivity index (χ0n) is 15.1. The molecule has 1 fully saturated rings. The predicted octanol–water partition coefficient (Wildman–Crippen LogP) is 2.17.